The molecule has 3 rings (SSSR count). The molecule has 6 nitrogen and oxygen atoms in total. The molecule has 2 amide bonds. The molecule has 2 heterocycles. The Morgan fingerprint density at radius 1 is 1.17 bits per heavy atom. The largest absolute Gasteiger partial charge is 0.416 e. The third-order valence-electron chi connectivity index (χ3n) is 3.93. The Balaban J connectivity index is 1.82. The summed E-state index contributed by atoms with van der Waals surface area (Å²) < 4.78 is 38.6. The smallest absolute Gasteiger partial charge is 0.307 e. The number of nitrogens with zero attached hydrogens (tertiary/aromatic N) is 2. The number of nitrogens with one attached hydrogen (secondary N) is 2. The number of aromatic nitrogens is 2. The van der Waals surface area contributed by atoms with Gasteiger partial charge in [0.2, 0.25) is 5.91 Å². The quantitative estimate of drug-likeness (QED) is 0.561. The first kappa shape index (κ1) is 21.2. The van der Waals surface area contributed by atoms with Crippen LogP contribution in [0.1, 0.15) is 21.6 Å². The summed E-state index contributed by atoms with van der Waals surface area (Å²) in [7, 11) is 0. The highest BCUT2D eigenvalue weighted by Gasteiger charge is 2.30. The Bertz CT molecular complexity index is 1130. The van der Waals surface area contributed by atoms with Crippen LogP contribution in [-0.4, -0.2) is 21.8 Å². The number of alkyl halides is 3. The van der Waals surface area contributed by atoms with E-state index in [0.717, 1.165) is 23.1 Å². The number of hydrogen-bond acceptors (Lipinski definition) is 5. The standard InChI is InChI=1S/C20H15F3N4O2S/c1-3-16(28)27-19-25-11(2)17(30-19)12-7-8-24-15(10-12)26-18(29)13-5-4-6-14(9-13)20(21,22)23/h3-10H,1H2,2H3,(H,24,26,29)(H,25,27,28). The van der Waals surface area contributed by atoms with Gasteiger partial charge in [0.25, 0.3) is 5.91 Å². The molecule has 0 fully saturated rings. The van der Waals surface area contributed by atoms with E-state index in [2.05, 4.69) is 27.2 Å². The maximum Gasteiger partial charge on any atom is 0.416 e. The zero-order chi connectivity index (χ0) is 21.9. The molecule has 30 heavy (non-hydrogen) atoms. The summed E-state index contributed by atoms with van der Waals surface area (Å²) in [4.78, 5) is 32.9. The van der Waals surface area contributed by atoms with Crippen LogP contribution < -0.4 is 10.6 Å². The first-order valence-corrected chi connectivity index (χ1v) is 9.35. The molecule has 0 atom stereocenters. The lowest BCUT2D eigenvalue weighted by Crippen LogP contribution is -2.14. The van der Waals surface area contributed by atoms with Crippen LogP contribution in [-0.2, 0) is 11.0 Å². The highest BCUT2D eigenvalue weighted by atomic mass is 32.1. The normalized spacial score (nSPS) is 11.1. The van der Waals surface area contributed by atoms with Gasteiger partial charge in [-0.25, -0.2) is 9.97 Å². The van der Waals surface area contributed by atoms with E-state index in [-0.39, 0.29) is 17.3 Å². The van der Waals surface area contributed by atoms with Crippen molar-refractivity contribution in [3.8, 4) is 10.4 Å². The third-order valence-corrected chi connectivity index (χ3v) is 5.05. The van der Waals surface area contributed by atoms with Gasteiger partial charge in [-0.15, -0.1) is 0 Å². The Labute approximate surface area is 173 Å². The monoisotopic (exact) mass is 432 g/mol. The lowest BCUT2D eigenvalue weighted by atomic mass is 10.1. The van der Waals surface area contributed by atoms with Crippen LogP contribution in [0, 0.1) is 6.92 Å². The number of carbonyl (C=O) groups excluding carboxylic acids is 2. The molecular formula is C20H15F3N4O2S. The van der Waals surface area contributed by atoms with Crippen molar-refractivity contribution in [3.63, 3.8) is 0 Å². The lowest BCUT2D eigenvalue weighted by Gasteiger charge is -2.09. The summed E-state index contributed by atoms with van der Waals surface area (Å²) in [5.74, 6) is -0.941. The Hall–Kier alpha value is -3.53. The number of halogens is 3. The number of anilines is 2. The third kappa shape index (κ3) is 4.90. The van der Waals surface area contributed by atoms with Gasteiger partial charge < -0.3 is 5.32 Å². The molecule has 0 bridgehead atoms. The number of carbonyl (C=O) groups is 2. The molecule has 10 heteroatoms. The van der Waals surface area contributed by atoms with Gasteiger partial charge in [0.1, 0.15) is 5.82 Å². The molecule has 0 unspecified atom stereocenters. The summed E-state index contributed by atoms with van der Waals surface area (Å²) in [6.45, 7) is 5.14. The van der Waals surface area contributed by atoms with E-state index in [1.165, 1.54) is 29.7 Å². The molecule has 2 aromatic heterocycles. The van der Waals surface area contributed by atoms with Gasteiger partial charge in [-0.2, -0.15) is 13.2 Å². The van der Waals surface area contributed by atoms with E-state index in [9.17, 15) is 22.8 Å². The van der Waals surface area contributed by atoms with E-state index in [1.807, 2.05) is 0 Å². The topological polar surface area (TPSA) is 84.0 Å². The maximum atomic E-state index is 12.9. The molecule has 0 aliphatic rings. The number of pyridine rings is 1. The fourth-order valence-electron chi connectivity index (χ4n) is 2.54. The minimum absolute atomic E-state index is 0.138. The zero-order valence-electron chi connectivity index (χ0n) is 15.6. The predicted octanol–water partition coefficient (Wildman–Crippen LogP) is 4.91. The highest BCUT2D eigenvalue weighted by Crippen LogP contribution is 2.33. The van der Waals surface area contributed by atoms with Crippen molar-refractivity contribution in [2.24, 2.45) is 0 Å². The maximum absolute atomic E-state index is 12.9. The van der Waals surface area contributed by atoms with E-state index < -0.39 is 17.6 Å². The molecule has 2 N–H and O–H groups in total. The van der Waals surface area contributed by atoms with E-state index in [1.54, 1.807) is 19.1 Å². The van der Waals surface area contributed by atoms with Gasteiger partial charge in [0.15, 0.2) is 5.13 Å². The second-order valence-corrected chi connectivity index (χ2v) is 7.09. The molecule has 154 valence electrons. The predicted molar refractivity (Wildman–Crippen MR) is 108 cm³/mol. The van der Waals surface area contributed by atoms with Crippen LogP contribution in [0.5, 0.6) is 0 Å². The fraction of sp³-hybridized carbons (Fsp3) is 0.100. The fourth-order valence-corrected chi connectivity index (χ4v) is 3.51. The first-order chi connectivity index (χ1) is 14.2. The van der Waals surface area contributed by atoms with E-state index >= 15 is 0 Å². The summed E-state index contributed by atoms with van der Waals surface area (Å²) in [6.07, 6.45) is -1.96. The molecule has 0 aliphatic heterocycles. The van der Waals surface area contributed by atoms with Crippen molar-refractivity contribution in [1.82, 2.24) is 9.97 Å². The lowest BCUT2D eigenvalue weighted by molar-refractivity contribution is -0.137. The molecule has 0 saturated carbocycles. The van der Waals surface area contributed by atoms with Gasteiger partial charge in [-0.3, -0.25) is 14.9 Å². The molecule has 0 saturated heterocycles. The average molecular weight is 432 g/mol. The summed E-state index contributed by atoms with van der Waals surface area (Å²) >= 11 is 1.23. The second kappa shape index (κ2) is 8.46. The van der Waals surface area contributed by atoms with Crippen molar-refractivity contribution < 1.29 is 22.8 Å². The molecule has 0 aliphatic carbocycles. The molecule has 3 aromatic rings. The van der Waals surface area contributed by atoms with E-state index in [0.29, 0.717) is 16.4 Å². The summed E-state index contributed by atoms with van der Waals surface area (Å²) in [5.41, 5.74) is 0.283. The minimum Gasteiger partial charge on any atom is -0.307 e. The average Bonchev–Trinajstić information content (AvgIpc) is 3.07. The number of hydrogen-bond donors (Lipinski definition) is 2. The minimum atomic E-state index is -4.54. The number of amides is 2. The van der Waals surface area contributed by atoms with Gasteiger partial charge >= 0.3 is 6.18 Å². The van der Waals surface area contributed by atoms with Crippen LogP contribution >= 0.6 is 11.3 Å². The number of thiazole rings is 1. The second-order valence-electron chi connectivity index (χ2n) is 6.09. The van der Waals surface area contributed by atoms with Gasteiger partial charge in [0.05, 0.1) is 16.1 Å². The number of benzene rings is 1. The number of aryl methyl sites for hydroxylation is 1. The van der Waals surface area contributed by atoms with Gasteiger partial charge in [-0.05, 0) is 48.9 Å². The molecule has 0 radical (unpaired) electrons. The van der Waals surface area contributed by atoms with Gasteiger partial charge in [-0.1, -0.05) is 24.0 Å². The Morgan fingerprint density at radius 2 is 1.93 bits per heavy atom. The van der Waals surface area contributed by atoms with Crippen molar-refractivity contribution in [3.05, 3.63) is 72.1 Å². The van der Waals surface area contributed by atoms with Crippen LogP contribution in [0.25, 0.3) is 10.4 Å². The molecule has 0 spiro atoms. The number of rotatable bonds is 5. The Kier molecular flexibility index (Phi) is 5.97. The molecular weight excluding hydrogens is 417 g/mol. The van der Waals surface area contributed by atoms with Crippen LogP contribution in [0.4, 0.5) is 24.1 Å². The molecule has 1 aromatic carbocycles. The SMILES string of the molecule is C=CC(=O)Nc1nc(C)c(-c2ccnc(NC(=O)c3cccc(C(F)(F)F)c3)c2)s1. The van der Waals surface area contributed by atoms with Crippen molar-refractivity contribution in [2.45, 2.75) is 13.1 Å². The Morgan fingerprint density at radius 3 is 2.63 bits per heavy atom. The summed E-state index contributed by atoms with van der Waals surface area (Å²) in [5, 5.41) is 5.47. The van der Waals surface area contributed by atoms with Crippen LogP contribution in [0.3, 0.4) is 0 Å². The first-order valence-electron chi connectivity index (χ1n) is 8.53. The summed E-state index contributed by atoms with van der Waals surface area (Å²) in [6, 6.07) is 7.40. The van der Waals surface area contributed by atoms with Crippen LogP contribution in [0.15, 0.2) is 55.3 Å². The van der Waals surface area contributed by atoms with Gasteiger partial charge in [0, 0.05) is 11.8 Å². The van der Waals surface area contributed by atoms with E-state index in [4.69, 9.17) is 0 Å². The highest BCUT2D eigenvalue weighted by molar-refractivity contribution is 7.19. The van der Waals surface area contributed by atoms with Crippen molar-refractivity contribution >= 4 is 34.1 Å². The zero-order valence-corrected chi connectivity index (χ0v) is 16.4. The van der Waals surface area contributed by atoms with Crippen molar-refractivity contribution in [1.29, 1.82) is 0 Å². The van der Waals surface area contributed by atoms with Crippen LogP contribution in [0.2, 0.25) is 0 Å². The van der Waals surface area contributed by atoms with Crippen molar-refractivity contribution in [2.75, 3.05) is 10.6 Å².